The highest BCUT2D eigenvalue weighted by Crippen LogP contribution is 2.26. The van der Waals surface area contributed by atoms with E-state index < -0.39 is 0 Å². The van der Waals surface area contributed by atoms with E-state index in [-0.39, 0.29) is 5.91 Å². The number of carbonyl (C=O) groups excluding carboxylic acids is 1. The second kappa shape index (κ2) is 5.96. The summed E-state index contributed by atoms with van der Waals surface area (Å²) in [6.45, 7) is 5.06. The number of fused-ring (bicyclic) bond motifs is 1. The number of hydrogen-bond donors (Lipinski definition) is 0. The summed E-state index contributed by atoms with van der Waals surface area (Å²) in [5.41, 5.74) is 2.63. The minimum Gasteiger partial charge on any atom is -0.360 e. The van der Waals surface area contributed by atoms with Gasteiger partial charge in [-0.05, 0) is 26.2 Å². The standard InChI is InChI=1S/C16H20N4O2S/c1-11-10-23-16(17-11)20-8-6-19(7-9-20)15(21)14-12-4-2-3-5-13(12)22-18-14/h10H,2-9H2,1H3. The molecule has 6 nitrogen and oxygen atoms in total. The van der Waals surface area contributed by atoms with Gasteiger partial charge in [-0.1, -0.05) is 5.16 Å². The van der Waals surface area contributed by atoms with Crippen molar-refractivity contribution >= 4 is 22.4 Å². The highest BCUT2D eigenvalue weighted by atomic mass is 32.1. The van der Waals surface area contributed by atoms with E-state index in [1.807, 2.05) is 11.8 Å². The molecule has 1 saturated heterocycles. The van der Waals surface area contributed by atoms with Gasteiger partial charge in [0.2, 0.25) is 0 Å². The number of hydrogen-bond acceptors (Lipinski definition) is 6. The van der Waals surface area contributed by atoms with E-state index in [1.54, 1.807) is 11.3 Å². The average molecular weight is 332 g/mol. The monoisotopic (exact) mass is 332 g/mol. The Kier molecular flexibility index (Phi) is 3.80. The topological polar surface area (TPSA) is 62.5 Å². The molecule has 0 radical (unpaired) electrons. The van der Waals surface area contributed by atoms with Crippen molar-refractivity contribution in [1.82, 2.24) is 15.0 Å². The molecule has 4 rings (SSSR count). The van der Waals surface area contributed by atoms with E-state index in [9.17, 15) is 4.79 Å². The van der Waals surface area contributed by atoms with Crippen LogP contribution in [0.2, 0.25) is 0 Å². The van der Waals surface area contributed by atoms with E-state index in [4.69, 9.17) is 4.52 Å². The molecule has 7 heteroatoms. The van der Waals surface area contributed by atoms with Crippen LogP contribution in [0.3, 0.4) is 0 Å². The molecule has 1 aliphatic carbocycles. The van der Waals surface area contributed by atoms with E-state index in [0.717, 1.165) is 60.9 Å². The summed E-state index contributed by atoms with van der Waals surface area (Å²) in [4.78, 5) is 21.4. The van der Waals surface area contributed by atoms with Crippen LogP contribution < -0.4 is 4.90 Å². The third kappa shape index (κ3) is 2.73. The van der Waals surface area contributed by atoms with Gasteiger partial charge in [-0.2, -0.15) is 0 Å². The van der Waals surface area contributed by atoms with Crippen molar-refractivity contribution in [1.29, 1.82) is 0 Å². The highest BCUT2D eigenvalue weighted by molar-refractivity contribution is 7.13. The van der Waals surface area contributed by atoms with E-state index >= 15 is 0 Å². The molecule has 2 aliphatic rings. The molecule has 1 fully saturated rings. The molecule has 1 aliphatic heterocycles. The Bertz CT molecular complexity index is 715. The molecule has 122 valence electrons. The second-order valence-electron chi connectivity index (χ2n) is 6.19. The summed E-state index contributed by atoms with van der Waals surface area (Å²) in [5.74, 6) is 0.934. The van der Waals surface area contributed by atoms with Crippen molar-refractivity contribution in [3.8, 4) is 0 Å². The SMILES string of the molecule is Cc1csc(N2CCN(C(=O)c3noc4c3CCCC4)CC2)n1. The van der Waals surface area contributed by atoms with Gasteiger partial charge in [-0.3, -0.25) is 4.79 Å². The molecule has 0 aromatic carbocycles. The average Bonchev–Trinajstić information content (AvgIpc) is 3.21. The fourth-order valence-electron chi connectivity index (χ4n) is 3.29. The van der Waals surface area contributed by atoms with Gasteiger partial charge in [0, 0.05) is 43.5 Å². The molecule has 2 aromatic heterocycles. The van der Waals surface area contributed by atoms with Crippen LogP contribution in [-0.4, -0.2) is 47.1 Å². The van der Waals surface area contributed by atoms with Crippen molar-refractivity contribution in [2.45, 2.75) is 32.6 Å². The van der Waals surface area contributed by atoms with Crippen LogP contribution in [0, 0.1) is 6.92 Å². The van der Waals surface area contributed by atoms with Crippen molar-refractivity contribution in [3.63, 3.8) is 0 Å². The predicted molar refractivity (Wildman–Crippen MR) is 88.1 cm³/mol. The van der Waals surface area contributed by atoms with Gasteiger partial charge in [0.25, 0.3) is 5.91 Å². The Labute approximate surface area is 139 Å². The van der Waals surface area contributed by atoms with Crippen molar-refractivity contribution in [2.75, 3.05) is 31.1 Å². The Balaban J connectivity index is 1.44. The fourth-order valence-corrected chi connectivity index (χ4v) is 4.15. The van der Waals surface area contributed by atoms with Crippen LogP contribution >= 0.6 is 11.3 Å². The summed E-state index contributed by atoms with van der Waals surface area (Å²) in [6, 6.07) is 0. The number of aromatic nitrogens is 2. The van der Waals surface area contributed by atoms with Gasteiger partial charge in [0.05, 0.1) is 5.69 Å². The van der Waals surface area contributed by atoms with Gasteiger partial charge in [0.1, 0.15) is 5.76 Å². The number of nitrogens with zero attached hydrogens (tertiary/aromatic N) is 4. The van der Waals surface area contributed by atoms with Gasteiger partial charge >= 0.3 is 0 Å². The first-order valence-electron chi connectivity index (χ1n) is 8.16. The quantitative estimate of drug-likeness (QED) is 0.844. The Morgan fingerprint density at radius 2 is 2.00 bits per heavy atom. The molecular weight excluding hydrogens is 312 g/mol. The summed E-state index contributed by atoms with van der Waals surface area (Å²) in [5, 5.41) is 7.18. The fraction of sp³-hybridized carbons (Fsp3) is 0.562. The number of aryl methyl sites for hydroxylation is 2. The number of thiazole rings is 1. The zero-order valence-corrected chi connectivity index (χ0v) is 14.1. The van der Waals surface area contributed by atoms with E-state index in [2.05, 4.69) is 20.4 Å². The summed E-state index contributed by atoms with van der Waals surface area (Å²) < 4.78 is 5.38. The zero-order chi connectivity index (χ0) is 15.8. The third-order valence-corrected chi connectivity index (χ3v) is 5.62. The van der Waals surface area contributed by atoms with Crippen LogP contribution in [0.1, 0.15) is 40.3 Å². The zero-order valence-electron chi connectivity index (χ0n) is 13.2. The first-order chi connectivity index (χ1) is 11.2. The highest BCUT2D eigenvalue weighted by Gasteiger charge is 2.29. The molecule has 2 aromatic rings. The van der Waals surface area contributed by atoms with Gasteiger partial charge < -0.3 is 14.3 Å². The lowest BCUT2D eigenvalue weighted by atomic mass is 9.96. The minimum absolute atomic E-state index is 0.0202. The smallest absolute Gasteiger partial charge is 0.276 e. The molecular formula is C16H20N4O2S. The molecule has 3 heterocycles. The molecule has 1 amide bonds. The number of rotatable bonds is 2. The Hall–Kier alpha value is -1.89. The summed E-state index contributed by atoms with van der Waals surface area (Å²) in [6.07, 6.45) is 4.07. The van der Waals surface area contributed by atoms with E-state index in [1.165, 1.54) is 0 Å². The van der Waals surface area contributed by atoms with Gasteiger partial charge in [0.15, 0.2) is 10.8 Å². The van der Waals surface area contributed by atoms with Crippen LogP contribution in [0.5, 0.6) is 0 Å². The predicted octanol–water partition coefficient (Wildman–Crippen LogP) is 2.28. The Morgan fingerprint density at radius 1 is 1.22 bits per heavy atom. The lowest BCUT2D eigenvalue weighted by molar-refractivity contribution is 0.0735. The van der Waals surface area contributed by atoms with Crippen molar-refractivity contribution in [3.05, 3.63) is 28.1 Å². The number of anilines is 1. The van der Waals surface area contributed by atoms with Crippen LogP contribution in [0.15, 0.2) is 9.90 Å². The first kappa shape index (κ1) is 14.7. The molecule has 0 spiro atoms. The first-order valence-corrected chi connectivity index (χ1v) is 9.04. The third-order valence-electron chi connectivity index (χ3n) is 4.60. The lowest BCUT2D eigenvalue weighted by Crippen LogP contribution is -2.49. The number of piperazine rings is 1. The van der Waals surface area contributed by atoms with Crippen molar-refractivity contribution in [2.24, 2.45) is 0 Å². The molecule has 0 bridgehead atoms. The molecule has 0 N–H and O–H groups in total. The number of amides is 1. The maximum atomic E-state index is 12.8. The van der Waals surface area contributed by atoms with Gasteiger partial charge in [-0.25, -0.2) is 4.98 Å². The second-order valence-corrected chi connectivity index (χ2v) is 7.03. The molecule has 0 saturated carbocycles. The summed E-state index contributed by atoms with van der Waals surface area (Å²) >= 11 is 1.67. The molecule has 0 unspecified atom stereocenters. The summed E-state index contributed by atoms with van der Waals surface area (Å²) in [7, 11) is 0. The maximum absolute atomic E-state index is 12.8. The largest absolute Gasteiger partial charge is 0.360 e. The van der Waals surface area contributed by atoms with Crippen molar-refractivity contribution < 1.29 is 9.32 Å². The lowest BCUT2D eigenvalue weighted by Gasteiger charge is -2.34. The van der Waals surface area contributed by atoms with Crippen LogP contribution in [0.4, 0.5) is 5.13 Å². The maximum Gasteiger partial charge on any atom is 0.276 e. The molecule has 23 heavy (non-hydrogen) atoms. The van der Waals surface area contributed by atoms with Crippen LogP contribution in [0.25, 0.3) is 0 Å². The van der Waals surface area contributed by atoms with Gasteiger partial charge in [-0.15, -0.1) is 11.3 Å². The Morgan fingerprint density at radius 3 is 2.74 bits per heavy atom. The molecule has 0 atom stereocenters. The van der Waals surface area contributed by atoms with E-state index in [0.29, 0.717) is 18.8 Å². The normalized spacial score (nSPS) is 18.1. The van der Waals surface area contributed by atoms with Crippen LogP contribution in [-0.2, 0) is 12.8 Å². The number of carbonyl (C=O) groups is 1. The minimum atomic E-state index is 0.0202.